The minimum Gasteiger partial charge on any atom is -0.440 e. The van der Waals surface area contributed by atoms with E-state index in [1.54, 1.807) is 36.5 Å². The van der Waals surface area contributed by atoms with Crippen LogP contribution in [-0.2, 0) is 10.0 Å². The monoisotopic (exact) mass is 452 g/mol. The third-order valence-corrected chi connectivity index (χ3v) is 7.86. The van der Waals surface area contributed by atoms with Crippen molar-refractivity contribution >= 4 is 43.0 Å². The Kier molecular flexibility index (Phi) is 4.90. The van der Waals surface area contributed by atoms with Crippen LogP contribution in [0.15, 0.2) is 55.7 Å². The summed E-state index contributed by atoms with van der Waals surface area (Å²) in [5.41, 5.74) is 0.512. The molecule has 26 heavy (non-hydrogen) atoms. The van der Waals surface area contributed by atoms with E-state index in [2.05, 4.69) is 25.6 Å². The van der Waals surface area contributed by atoms with Crippen molar-refractivity contribution in [3.05, 3.63) is 53.0 Å². The molecule has 2 aromatic heterocycles. The molecule has 1 aliphatic carbocycles. The SMILES string of the molecule is O=S(=O)(Nc1cccc(Br)c1)c1ccc(-c2cnc(C3CCCC3)o2)s1. The van der Waals surface area contributed by atoms with Crippen molar-refractivity contribution in [3.63, 3.8) is 0 Å². The zero-order valence-electron chi connectivity index (χ0n) is 13.8. The number of anilines is 1. The summed E-state index contributed by atoms with van der Waals surface area (Å²) in [5, 5.41) is 0. The van der Waals surface area contributed by atoms with Crippen LogP contribution in [-0.4, -0.2) is 13.4 Å². The highest BCUT2D eigenvalue weighted by Crippen LogP contribution is 2.37. The number of nitrogens with zero attached hydrogens (tertiary/aromatic N) is 1. The summed E-state index contributed by atoms with van der Waals surface area (Å²) in [6, 6.07) is 10.4. The summed E-state index contributed by atoms with van der Waals surface area (Å²) < 4.78 is 34.8. The molecule has 2 heterocycles. The number of oxazole rings is 1. The van der Waals surface area contributed by atoms with Gasteiger partial charge in [0.05, 0.1) is 11.1 Å². The number of rotatable bonds is 5. The normalized spacial score (nSPS) is 15.4. The van der Waals surface area contributed by atoms with Crippen molar-refractivity contribution in [1.82, 2.24) is 4.98 Å². The van der Waals surface area contributed by atoms with E-state index in [4.69, 9.17) is 4.42 Å². The Morgan fingerprint density at radius 2 is 2.00 bits per heavy atom. The van der Waals surface area contributed by atoms with Crippen LogP contribution in [0.1, 0.15) is 37.5 Å². The predicted octanol–water partition coefficient (Wildman–Crippen LogP) is 5.62. The van der Waals surface area contributed by atoms with Gasteiger partial charge in [-0.3, -0.25) is 4.72 Å². The Morgan fingerprint density at radius 3 is 2.77 bits per heavy atom. The molecule has 0 saturated heterocycles. The van der Waals surface area contributed by atoms with Crippen LogP contribution >= 0.6 is 27.3 Å². The number of hydrogen-bond donors (Lipinski definition) is 1. The van der Waals surface area contributed by atoms with E-state index >= 15 is 0 Å². The fourth-order valence-corrected chi connectivity index (χ4v) is 5.82. The van der Waals surface area contributed by atoms with Gasteiger partial charge in [0, 0.05) is 16.1 Å². The maximum Gasteiger partial charge on any atom is 0.271 e. The van der Waals surface area contributed by atoms with E-state index in [0.29, 0.717) is 17.4 Å². The lowest BCUT2D eigenvalue weighted by Gasteiger charge is -2.06. The highest BCUT2D eigenvalue weighted by molar-refractivity contribution is 9.10. The molecule has 0 atom stereocenters. The van der Waals surface area contributed by atoms with Gasteiger partial charge in [0.1, 0.15) is 4.21 Å². The molecule has 1 aromatic carbocycles. The largest absolute Gasteiger partial charge is 0.440 e. The lowest BCUT2D eigenvalue weighted by molar-refractivity contribution is 0.458. The van der Waals surface area contributed by atoms with E-state index in [0.717, 1.165) is 28.1 Å². The Balaban J connectivity index is 1.55. The average Bonchev–Trinajstić information content (AvgIpc) is 3.34. The molecule has 8 heteroatoms. The Hall–Kier alpha value is -1.64. The van der Waals surface area contributed by atoms with E-state index in [9.17, 15) is 8.42 Å². The Morgan fingerprint density at radius 1 is 1.19 bits per heavy atom. The molecular formula is C18H17BrN2O3S2. The molecule has 0 unspecified atom stereocenters. The van der Waals surface area contributed by atoms with Crippen LogP contribution in [0, 0.1) is 0 Å². The average molecular weight is 453 g/mol. The van der Waals surface area contributed by atoms with Crippen LogP contribution in [0.4, 0.5) is 5.69 Å². The van der Waals surface area contributed by atoms with Gasteiger partial charge in [-0.15, -0.1) is 11.3 Å². The zero-order chi connectivity index (χ0) is 18.1. The molecule has 0 bridgehead atoms. The first kappa shape index (κ1) is 17.8. The van der Waals surface area contributed by atoms with Gasteiger partial charge in [-0.25, -0.2) is 13.4 Å². The first-order valence-corrected chi connectivity index (χ1v) is 11.4. The molecule has 1 aliphatic rings. The van der Waals surface area contributed by atoms with Crippen molar-refractivity contribution in [2.75, 3.05) is 4.72 Å². The minimum atomic E-state index is -3.64. The Labute approximate surface area is 164 Å². The van der Waals surface area contributed by atoms with E-state index in [-0.39, 0.29) is 4.21 Å². The minimum absolute atomic E-state index is 0.242. The molecule has 0 amide bonds. The number of thiophene rings is 1. The summed E-state index contributed by atoms with van der Waals surface area (Å²) in [5.74, 6) is 1.79. The molecule has 1 N–H and O–H groups in total. The second-order valence-corrected chi connectivity index (χ2v) is 10.2. The van der Waals surface area contributed by atoms with Gasteiger partial charge >= 0.3 is 0 Å². The maximum atomic E-state index is 12.6. The standard InChI is InChI=1S/C18H17BrN2O3S2/c19-13-6-3-7-14(10-13)21-26(22,23)17-9-8-16(25-17)15-11-20-18(24-15)12-4-1-2-5-12/h3,6-12,21H,1-2,4-5H2. The molecular weight excluding hydrogens is 436 g/mol. The summed E-state index contributed by atoms with van der Waals surface area (Å²) in [6.45, 7) is 0. The molecule has 3 aromatic rings. The van der Waals surface area contributed by atoms with E-state index < -0.39 is 10.0 Å². The first-order valence-electron chi connectivity index (χ1n) is 8.35. The second kappa shape index (κ2) is 7.17. The summed E-state index contributed by atoms with van der Waals surface area (Å²) in [4.78, 5) is 5.15. The quantitative estimate of drug-likeness (QED) is 0.544. The molecule has 0 spiro atoms. The molecule has 4 rings (SSSR count). The molecule has 0 radical (unpaired) electrons. The number of halogens is 1. The van der Waals surface area contributed by atoms with Crippen molar-refractivity contribution in [1.29, 1.82) is 0 Å². The number of nitrogens with one attached hydrogen (secondary N) is 1. The van der Waals surface area contributed by atoms with Crippen molar-refractivity contribution in [3.8, 4) is 10.6 Å². The van der Waals surface area contributed by atoms with E-state index in [1.165, 1.54) is 24.2 Å². The Bertz CT molecular complexity index is 1020. The van der Waals surface area contributed by atoms with Crippen LogP contribution in [0.3, 0.4) is 0 Å². The third-order valence-electron chi connectivity index (χ3n) is 4.39. The molecule has 1 saturated carbocycles. The van der Waals surface area contributed by atoms with Gasteiger partial charge in [-0.1, -0.05) is 34.8 Å². The molecule has 5 nitrogen and oxygen atoms in total. The highest BCUT2D eigenvalue weighted by atomic mass is 79.9. The molecule has 0 aliphatic heterocycles. The number of hydrogen-bond acceptors (Lipinski definition) is 5. The number of aromatic nitrogens is 1. The summed E-state index contributed by atoms with van der Waals surface area (Å²) in [7, 11) is -3.64. The van der Waals surface area contributed by atoms with Crippen molar-refractivity contribution in [2.24, 2.45) is 0 Å². The zero-order valence-corrected chi connectivity index (χ0v) is 17.0. The lowest BCUT2D eigenvalue weighted by atomic mass is 10.1. The van der Waals surface area contributed by atoms with Gasteiger partial charge in [0.2, 0.25) is 0 Å². The van der Waals surface area contributed by atoms with Crippen LogP contribution in [0.5, 0.6) is 0 Å². The molecule has 1 fully saturated rings. The molecule has 136 valence electrons. The smallest absolute Gasteiger partial charge is 0.271 e. The summed E-state index contributed by atoms with van der Waals surface area (Å²) >= 11 is 4.52. The predicted molar refractivity (Wildman–Crippen MR) is 106 cm³/mol. The lowest BCUT2D eigenvalue weighted by Crippen LogP contribution is -2.11. The fraction of sp³-hybridized carbons (Fsp3) is 0.278. The second-order valence-electron chi connectivity index (χ2n) is 6.28. The van der Waals surface area contributed by atoms with Crippen molar-refractivity contribution in [2.45, 2.75) is 35.8 Å². The van der Waals surface area contributed by atoms with Gasteiger partial charge in [0.25, 0.3) is 10.0 Å². The highest BCUT2D eigenvalue weighted by Gasteiger charge is 2.23. The van der Waals surface area contributed by atoms with Crippen LogP contribution in [0.25, 0.3) is 10.6 Å². The van der Waals surface area contributed by atoms with Crippen molar-refractivity contribution < 1.29 is 12.8 Å². The van der Waals surface area contributed by atoms with Gasteiger partial charge < -0.3 is 4.42 Å². The van der Waals surface area contributed by atoms with E-state index in [1.807, 2.05) is 6.07 Å². The van der Waals surface area contributed by atoms with Crippen LogP contribution in [0.2, 0.25) is 0 Å². The number of benzene rings is 1. The maximum absolute atomic E-state index is 12.6. The third kappa shape index (κ3) is 3.72. The number of sulfonamides is 1. The van der Waals surface area contributed by atoms with Crippen LogP contribution < -0.4 is 4.72 Å². The van der Waals surface area contributed by atoms with Gasteiger partial charge in [0.15, 0.2) is 11.7 Å². The first-order chi connectivity index (χ1) is 12.5. The topological polar surface area (TPSA) is 72.2 Å². The van der Waals surface area contributed by atoms with Gasteiger partial charge in [-0.2, -0.15) is 0 Å². The fourth-order valence-electron chi connectivity index (χ4n) is 3.12. The van der Waals surface area contributed by atoms with Gasteiger partial charge in [-0.05, 0) is 43.2 Å². The summed E-state index contributed by atoms with van der Waals surface area (Å²) in [6.07, 6.45) is 6.34.